The molecule has 0 unspecified atom stereocenters. The van der Waals surface area contributed by atoms with Crippen LogP contribution < -0.4 is 9.47 Å². The van der Waals surface area contributed by atoms with Gasteiger partial charge >= 0.3 is 6.18 Å². The summed E-state index contributed by atoms with van der Waals surface area (Å²) >= 11 is 6.18. The first-order chi connectivity index (χ1) is 13.3. The van der Waals surface area contributed by atoms with Gasteiger partial charge in [0.2, 0.25) is 5.82 Å². The zero-order valence-corrected chi connectivity index (χ0v) is 15.5. The van der Waals surface area contributed by atoms with E-state index >= 15 is 0 Å². The standard InChI is InChI=1S/C19H14ClF3N2O3/c1-26-15-8-5-12(10-16(15)27-2)17-24-18(28-25-17)14(20)9-11-3-6-13(7-4-11)19(21,22)23/h3-10H,1-2H3/b14-9-. The van der Waals surface area contributed by atoms with Gasteiger partial charge in [-0.1, -0.05) is 28.9 Å². The van der Waals surface area contributed by atoms with E-state index in [1.54, 1.807) is 18.2 Å². The molecular formula is C19H14ClF3N2O3. The van der Waals surface area contributed by atoms with Crippen LogP contribution in [0.15, 0.2) is 47.0 Å². The Balaban J connectivity index is 1.84. The van der Waals surface area contributed by atoms with Crippen molar-refractivity contribution in [3.63, 3.8) is 0 Å². The maximum Gasteiger partial charge on any atom is 0.416 e. The van der Waals surface area contributed by atoms with Crippen molar-refractivity contribution in [2.24, 2.45) is 0 Å². The van der Waals surface area contributed by atoms with Crippen LogP contribution in [0.25, 0.3) is 22.5 Å². The number of benzene rings is 2. The molecule has 1 aromatic heterocycles. The zero-order valence-electron chi connectivity index (χ0n) is 14.7. The van der Waals surface area contributed by atoms with Crippen LogP contribution in [-0.2, 0) is 6.18 Å². The smallest absolute Gasteiger partial charge is 0.416 e. The summed E-state index contributed by atoms with van der Waals surface area (Å²) in [5.41, 5.74) is 0.338. The van der Waals surface area contributed by atoms with Crippen molar-refractivity contribution in [3.05, 3.63) is 59.5 Å². The van der Waals surface area contributed by atoms with E-state index in [2.05, 4.69) is 10.1 Å². The molecule has 146 valence electrons. The van der Waals surface area contributed by atoms with Crippen molar-refractivity contribution in [3.8, 4) is 22.9 Å². The maximum atomic E-state index is 12.6. The highest BCUT2D eigenvalue weighted by molar-refractivity contribution is 6.50. The lowest BCUT2D eigenvalue weighted by atomic mass is 10.1. The molecule has 0 amide bonds. The minimum atomic E-state index is -4.40. The van der Waals surface area contributed by atoms with Crippen molar-refractivity contribution < 1.29 is 27.2 Å². The average Bonchev–Trinajstić information content (AvgIpc) is 3.17. The van der Waals surface area contributed by atoms with E-state index < -0.39 is 11.7 Å². The Morgan fingerprint density at radius 2 is 1.71 bits per heavy atom. The van der Waals surface area contributed by atoms with Crippen LogP contribution >= 0.6 is 11.6 Å². The lowest BCUT2D eigenvalue weighted by Crippen LogP contribution is -2.03. The lowest BCUT2D eigenvalue weighted by molar-refractivity contribution is -0.137. The summed E-state index contributed by atoms with van der Waals surface area (Å²) in [5.74, 6) is 1.36. The molecule has 3 rings (SSSR count). The Bertz CT molecular complexity index is 998. The number of ether oxygens (including phenoxy) is 2. The van der Waals surface area contributed by atoms with Gasteiger partial charge in [-0.3, -0.25) is 0 Å². The first kappa shape index (κ1) is 19.8. The van der Waals surface area contributed by atoms with Crippen LogP contribution in [-0.4, -0.2) is 24.4 Å². The average molecular weight is 411 g/mol. The number of rotatable bonds is 5. The predicted molar refractivity (Wildman–Crippen MR) is 98.0 cm³/mol. The van der Waals surface area contributed by atoms with Crippen LogP contribution in [0.1, 0.15) is 17.0 Å². The van der Waals surface area contributed by atoms with Crippen LogP contribution in [0, 0.1) is 0 Å². The monoisotopic (exact) mass is 410 g/mol. The van der Waals surface area contributed by atoms with Crippen LogP contribution in [0.5, 0.6) is 11.5 Å². The van der Waals surface area contributed by atoms with Crippen molar-refractivity contribution in [1.82, 2.24) is 10.1 Å². The molecule has 0 spiro atoms. The molecule has 9 heteroatoms. The second-order valence-corrected chi connectivity index (χ2v) is 6.01. The van der Waals surface area contributed by atoms with Gasteiger partial charge in [-0.2, -0.15) is 18.2 Å². The Labute approximate surface area is 163 Å². The summed E-state index contributed by atoms with van der Waals surface area (Å²) in [7, 11) is 3.03. The van der Waals surface area contributed by atoms with Gasteiger partial charge in [0.1, 0.15) is 5.03 Å². The van der Waals surface area contributed by atoms with E-state index in [-0.39, 0.29) is 16.7 Å². The number of alkyl halides is 3. The van der Waals surface area contributed by atoms with E-state index in [1.807, 2.05) is 0 Å². The topological polar surface area (TPSA) is 57.4 Å². The van der Waals surface area contributed by atoms with E-state index in [1.165, 1.54) is 32.4 Å². The highest BCUT2D eigenvalue weighted by Crippen LogP contribution is 2.33. The fourth-order valence-electron chi connectivity index (χ4n) is 2.39. The number of nitrogens with zero attached hydrogens (tertiary/aromatic N) is 2. The summed E-state index contributed by atoms with van der Waals surface area (Å²) in [4.78, 5) is 4.21. The zero-order chi connectivity index (χ0) is 20.3. The maximum absolute atomic E-state index is 12.6. The minimum Gasteiger partial charge on any atom is -0.493 e. The minimum absolute atomic E-state index is 0.0337. The summed E-state index contributed by atoms with van der Waals surface area (Å²) in [6.07, 6.45) is -2.96. The molecule has 0 radical (unpaired) electrons. The third kappa shape index (κ3) is 4.28. The lowest BCUT2D eigenvalue weighted by Gasteiger charge is -2.07. The van der Waals surface area contributed by atoms with Gasteiger partial charge in [-0.15, -0.1) is 0 Å². The third-order valence-electron chi connectivity index (χ3n) is 3.80. The van der Waals surface area contributed by atoms with E-state index in [0.29, 0.717) is 22.6 Å². The molecule has 0 saturated heterocycles. The Hall–Kier alpha value is -3.00. The SMILES string of the molecule is COc1ccc(-c2noc(/C(Cl)=C/c3ccc(C(F)(F)F)cc3)n2)cc1OC. The number of methoxy groups -OCH3 is 2. The second kappa shape index (κ2) is 7.93. The Morgan fingerprint density at radius 3 is 2.32 bits per heavy atom. The number of hydrogen-bond acceptors (Lipinski definition) is 5. The van der Waals surface area contributed by atoms with Gasteiger partial charge in [0.05, 0.1) is 19.8 Å². The molecule has 0 aliphatic carbocycles. The normalized spacial score (nSPS) is 12.1. The van der Waals surface area contributed by atoms with E-state index in [9.17, 15) is 13.2 Å². The Kier molecular flexibility index (Phi) is 5.60. The third-order valence-corrected chi connectivity index (χ3v) is 4.07. The molecule has 0 fully saturated rings. The van der Waals surface area contributed by atoms with Gasteiger partial charge < -0.3 is 14.0 Å². The molecular weight excluding hydrogens is 397 g/mol. The quantitative estimate of drug-likeness (QED) is 0.555. The summed E-state index contributed by atoms with van der Waals surface area (Å²) in [5, 5.41) is 3.97. The molecule has 28 heavy (non-hydrogen) atoms. The molecule has 0 saturated carbocycles. The highest BCUT2D eigenvalue weighted by Gasteiger charge is 2.29. The molecule has 1 heterocycles. The summed E-state index contributed by atoms with van der Waals surface area (Å²) in [6.45, 7) is 0. The summed E-state index contributed by atoms with van der Waals surface area (Å²) < 4.78 is 53.4. The van der Waals surface area contributed by atoms with Crippen LogP contribution in [0.3, 0.4) is 0 Å². The molecule has 0 atom stereocenters. The first-order valence-electron chi connectivity index (χ1n) is 7.92. The number of aromatic nitrogens is 2. The van der Waals surface area contributed by atoms with Gasteiger partial charge in [0.25, 0.3) is 5.89 Å². The van der Waals surface area contributed by atoms with Gasteiger partial charge in [-0.25, -0.2) is 0 Å². The molecule has 0 bridgehead atoms. The number of hydrogen-bond donors (Lipinski definition) is 0. The van der Waals surface area contributed by atoms with Crippen molar-refractivity contribution >= 4 is 22.7 Å². The molecule has 0 aliphatic heterocycles. The second-order valence-electron chi connectivity index (χ2n) is 5.60. The molecule has 0 aliphatic rings. The highest BCUT2D eigenvalue weighted by atomic mass is 35.5. The molecule has 5 nitrogen and oxygen atoms in total. The van der Waals surface area contributed by atoms with Crippen LogP contribution in [0.4, 0.5) is 13.2 Å². The predicted octanol–water partition coefficient (Wildman–Crippen LogP) is 5.51. The Morgan fingerprint density at radius 1 is 1.04 bits per heavy atom. The van der Waals surface area contributed by atoms with Gasteiger partial charge in [-0.05, 0) is 42.0 Å². The van der Waals surface area contributed by atoms with E-state index in [0.717, 1.165) is 12.1 Å². The first-order valence-corrected chi connectivity index (χ1v) is 8.30. The summed E-state index contributed by atoms with van der Waals surface area (Å²) in [6, 6.07) is 9.65. The van der Waals surface area contributed by atoms with Gasteiger partial charge in [0.15, 0.2) is 11.5 Å². The fraction of sp³-hybridized carbons (Fsp3) is 0.158. The van der Waals surface area contributed by atoms with Crippen molar-refractivity contribution in [1.29, 1.82) is 0 Å². The van der Waals surface area contributed by atoms with Crippen molar-refractivity contribution in [2.45, 2.75) is 6.18 Å². The molecule has 3 aromatic rings. The fourth-order valence-corrected chi connectivity index (χ4v) is 2.59. The molecule has 0 N–H and O–H groups in total. The van der Waals surface area contributed by atoms with Crippen LogP contribution in [0.2, 0.25) is 0 Å². The molecule has 2 aromatic carbocycles. The van der Waals surface area contributed by atoms with Crippen molar-refractivity contribution in [2.75, 3.05) is 14.2 Å². The number of halogens is 4. The van der Waals surface area contributed by atoms with E-state index in [4.69, 9.17) is 25.6 Å². The largest absolute Gasteiger partial charge is 0.493 e. The van der Waals surface area contributed by atoms with Gasteiger partial charge in [0, 0.05) is 5.56 Å².